The summed E-state index contributed by atoms with van der Waals surface area (Å²) in [6.07, 6.45) is 68.3. The van der Waals surface area contributed by atoms with Gasteiger partial charge in [0.15, 0.2) is 12.2 Å². The molecule has 19 heteroatoms. The maximum absolute atomic E-state index is 13.1. The number of allylic oxidation sites excluding steroid dienone is 6. The largest absolute Gasteiger partial charge is 0.472 e. The summed E-state index contributed by atoms with van der Waals surface area (Å²) < 4.78 is 68.6. The fourth-order valence-corrected chi connectivity index (χ4v) is 13.0. The number of aliphatic hydroxyl groups excluding tert-OH is 1. The molecule has 0 heterocycles. The van der Waals surface area contributed by atoms with Gasteiger partial charge in [0, 0.05) is 25.7 Å². The molecule has 0 amide bonds. The molecule has 0 aromatic carbocycles. The lowest BCUT2D eigenvalue weighted by molar-refractivity contribution is -0.161. The zero-order chi connectivity index (χ0) is 71.8. The second kappa shape index (κ2) is 72.6. The quantitative estimate of drug-likeness (QED) is 0.0169. The van der Waals surface area contributed by atoms with E-state index in [4.69, 9.17) is 37.0 Å². The summed E-state index contributed by atoms with van der Waals surface area (Å²) in [6, 6.07) is 0. The number of ether oxygens (including phenoxy) is 4. The molecule has 3 N–H and O–H groups in total. The maximum atomic E-state index is 13.1. The Morgan fingerprint density at radius 3 is 0.786 bits per heavy atom. The van der Waals surface area contributed by atoms with Gasteiger partial charge in [-0.15, -0.1) is 0 Å². The predicted octanol–water partition coefficient (Wildman–Crippen LogP) is 23.1. The summed E-state index contributed by atoms with van der Waals surface area (Å²) in [6.45, 7) is 4.92. The number of hydrogen-bond acceptors (Lipinski definition) is 15. The molecular formula is C79H148O17P2. The van der Waals surface area contributed by atoms with Gasteiger partial charge in [-0.25, -0.2) is 9.13 Å². The maximum Gasteiger partial charge on any atom is 0.472 e. The summed E-state index contributed by atoms with van der Waals surface area (Å²) in [5.41, 5.74) is 0. The van der Waals surface area contributed by atoms with Crippen molar-refractivity contribution in [1.82, 2.24) is 0 Å². The van der Waals surface area contributed by atoms with E-state index >= 15 is 0 Å². The van der Waals surface area contributed by atoms with Crippen LogP contribution in [0.15, 0.2) is 36.5 Å². The first kappa shape index (κ1) is 95.3. The summed E-state index contributed by atoms with van der Waals surface area (Å²) >= 11 is 0. The normalized spacial score (nSPS) is 14.1. The predicted molar refractivity (Wildman–Crippen MR) is 400 cm³/mol. The fraction of sp³-hybridized carbons (Fsp3) is 0.873. The third kappa shape index (κ3) is 71.7. The summed E-state index contributed by atoms with van der Waals surface area (Å²) in [5, 5.41) is 10.6. The Balaban J connectivity index is 5.31. The Morgan fingerprint density at radius 2 is 0.500 bits per heavy atom. The highest BCUT2D eigenvalue weighted by Crippen LogP contribution is 2.45. The molecule has 0 bridgehead atoms. The Bertz CT molecular complexity index is 2000. The van der Waals surface area contributed by atoms with Crippen LogP contribution in [0.5, 0.6) is 0 Å². The van der Waals surface area contributed by atoms with E-state index < -0.39 is 97.5 Å². The molecule has 98 heavy (non-hydrogen) atoms. The molecule has 0 saturated heterocycles. The van der Waals surface area contributed by atoms with Gasteiger partial charge in [0.25, 0.3) is 0 Å². The first-order valence-electron chi connectivity index (χ1n) is 40.2. The number of esters is 4. The SMILES string of the molecule is CCCCC/C=C\C/C=C\CCCCCCCC(=O)OC[C@H](COP(=O)(O)OC[C@H](O)COP(=O)(O)OC[C@@H](COC(=O)CCCCCCCCCCCCCCCCC)OC(=O)CCCCCCCCCCCCCCC)OC(=O)CCCCCCC/C=C\CCCCCCCC. The monoisotopic (exact) mass is 1430 g/mol. The Morgan fingerprint density at radius 1 is 0.286 bits per heavy atom. The van der Waals surface area contributed by atoms with Crippen LogP contribution in [-0.4, -0.2) is 96.7 Å². The molecule has 0 spiro atoms. The Hall–Kier alpha value is -2.72. The van der Waals surface area contributed by atoms with Crippen LogP contribution in [0.25, 0.3) is 0 Å². The van der Waals surface area contributed by atoms with Gasteiger partial charge in [-0.2, -0.15) is 0 Å². The van der Waals surface area contributed by atoms with Crippen molar-refractivity contribution in [2.24, 2.45) is 0 Å². The van der Waals surface area contributed by atoms with Crippen molar-refractivity contribution in [3.63, 3.8) is 0 Å². The second-order valence-corrected chi connectivity index (χ2v) is 30.3. The lowest BCUT2D eigenvalue weighted by Crippen LogP contribution is -2.30. The van der Waals surface area contributed by atoms with E-state index in [9.17, 15) is 43.2 Å². The third-order valence-electron chi connectivity index (χ3n) is 17.6. The van der Waals surface area contributed by atoms with Gasteiger partial charge < -0.3 is 33.8 Å². The fourth-order valence-electron chi connectivity index (χ4n) is 11.4. The van der Waals surface area contributed by atoms with Crippen molar-refractivity contribution in [3.05, 3.63) is 36.5 Å². The van der Waals surface area contributed by atoms with Crippen molar-refractivity contribution in [2.75, 3.05) is 39.6 Å². The topological polar surface area (TPSA) is 237 Å². The summed E-state index contributed by atoms with van der Waals surface area (Å²) in [4.78, 5) is 72.9. The highest BCUT2D eigenvalue weighted by Gasteiger charge is 2.30. The molecule has 0 aromatic rings. The van der Waals surface area contributed by atoms with Crippen molar-refractivity contribution in [1.29, 1.82) is 0 Å². The van der Waals surface area contributed by atoms with Crippen LogP contribution in [0.1, 0.15) is 387 Å². The van der Waals surface area contributed by atoms with Crippen molar-refractivity contribution in [3.8, 4) is 0 Å². The van der Waals surface area contributed by atoms with E-state index in [0.717, 1.165) is 128 Å². The van der Waals surface area contributed by atoms with Gasteiger partial charge in [-0.1, -0.05) is 315 Å². The Kier molecular flexibility index (Phi) is 70.6. The van der Waals surface area contributed by atoms with E-state index in [1.54, 1.807) is 0 Å². The zero-order valence-corrected chi connectivity index (χ0v) is 64.8. The number of phosphoric ester groups is 2. The number of aliphatic hydroxyl groups is 1. The lowest BCUT2D eigenvalue weighted by Gasteiger charge is -2.21. The van der Waals surface area contributed by atoms with Gasteiger partial charge in [0.1, 0.15) is 19.3 Å². The first-order chi connectivity index (χ1) is 47.7. The summed E-state index contributed by atoms with van der Waals surface area (Å²) in [7, 11) is -9.93. The third-order valence-corrected chi connectivity index (χ3v) is 19.5. The minimum absolute atomic E-state index is 0.0882. The van der Waals surface area contributed by atoms with Gasteiger partial charge in [-0.3, -0.25) is 37.3 Å². The number of hydrogen-bond donors (Lipinski definition) is 3. The van der Waals surface area contributed by atoms with Crippen LogP contribution in [0.4, 0.5) is 0 Å². The van der Waals surface area contributed by atoms with Gasteiger partial charge in [0.05, 0.1) is 26.4 Å². The van der Waals surface area contributed by atoms with E-state index in [0.29, 0.717) is 25.7 Å². The van der Waals surface area contributed by atoms with Crippen molar-refractivity contribution >= 4 is 39.5 Å². The molecule has 0 aliphatic heterocycles. The van der Waals surface area contributed by atoms with E-state index in [1.807, 2.05) is 0 Å². The van der Waals surface area contributed by atoms with E-state index in [1.165, 1.54) is 180 Å². The van der Waals surface area contributed by atoms with Crippen LogP contribution in [0.3, 0.4) is 0 Å². The number of rotatable bonds is 77. The van der Waals surface area contributed by atoms with E-state index in [2.05, 4.69) is 64.2 Å². The second-order valence-electron chi connectivity index (χ2n) is 27.4. The van der Waals surface area contributed by atoms with E-state index in [-0.39, 0.29) is 25.7 Å². The van der Waals surface area contributed by atoms with Crippen LogP contribution in [0, 0.1) is 0 Å². The number of carbonyl (C=O) groups excluding carboxylic acids is 4. The average Bonchev–Trinajstić information content (AvgIpc) is 1.04. The van der Waals surface area contributed by atoms with Crippen molar-refractivity contribution < 1.29 is 80.2 Å². The molecule has 0 rings (SSSR count). The standard InChI is InChI=1S/C79H148O17P2/c1-5-9-13-17-21-25-29-33-36-40-43-47-51-55-59-63-76(81)89-69-74(95-78(83)65-61-57-53-49-45-39-32-28-24-20-16-12-8-4)71-93-97(85,86)91-67-73(80)68-92-98(87,88)94-72-75(96-79(84)66-62-58-54-50-46-42-38-35-31-27-23-19-15-11-7-3)70-90-77(82)64-60-56-52-48-44-41-37-34-30-26-22-18-14-10-6-2/h22,26,34-35,37-38,73-75,80H,5-21,23-25,27-33,36,39-72H2,1-4H3,(H,85,86)(H,87,88)/b26-22-,37-34-,38-35-/t73-,74-,75-/m1/s1. The number of carbonyl (C=O) groups is 4. The molecule has 5 atom stereocenters. The minimum atomic E-state index is -4.97. The number of unbranched alkanes of at least 4 members (excludes halogenated alkanes) is 45. The highest BCUT2D eigenvalue weighted by atomic mass is 31.2. The smallest absolute Gasteiger partial charge is 0.462 e. The zero-order valence-electron chi connectivity index (χ0n) is 63.0. The molecule has 0 aliphatic rings. The summed E-state index contributed by atoms with van der Waals surface area (Å²) in [5.74, 6) is -2.15. The van der Waals surface area contributed by atoms with Gasteiger partial charge in [-0.05, 0) is 83.5 Å². The van der Waals surface area contributed by atoms with Crippen molar-refractivity contribution in [2.45, 2.75) is 406 Å². The molecule has 0 radical (unpaired) electrons. The van der Waals surface area contributed by atoms with Gasteiger partial charge >= 0.3 is 39.5 Å². The molecule has 0 aliphatic carbocycles. The molecule has 0 aromatic heterocycles. The average molecular weight is 1430 g/mol. The first-order valence-corrected chi connectivity index (χ1v) is 43.2. The van der Waals surface area contributed by atoms with Crippen LogP contribution >= 0.6 is 15.6 Å². The Labute approximate surface area is 598 Å². The molecule has 2 unspecified atom stereocenters. The number of phosphoric acid groups is 2. The lowest BCUT2D eigenvalue weighted by atomic mass is 10.0. The molecule has 0 saturated carbocycles. The van der Waals surface area contributed by atoms with Gasteiger partial charge in [0.2, 0.25) is 0 Å². The van der Waals surface area contributed by atoms with Crippen LogP contribution in [0.2, 0.25) is 0 Å². The molecule has 17 nitrogen and oxygen atoms in total. The molecule has 576 valence electrons. The molecular weight excluding hydrogens is 1280 g/mol. The minimum Gasteiger partial charge on any atom is -0.462 e. The highest BCUT2D eigenvalue weighted by molar-refractivity contribution is 7.47. The van der Waals surface area contributed by atoms with Crippen LogP contribution in [-0.2, 0) is 65.4 Å². The molecule has 0 fully saturated rings. The van der Waals surface area contributed by atoms with Crippen LogP contribution < -0.4 is 0 Å².